The second-order valence-corrected chi connectivity index (χ2v) is 8.78. The zero-order valence-corrected chi connectivity index (χ0v) is 18.6. The maximum atomic E-state index is 13.3. The van der Waals surface area contributed by atoms with E-state index in [1.807, 2.05) is 6.92 Å². The van der Waals surface area contributed by atoms with Crippen LogP contribution in [0.3, 0.4) is 0 Å². The van der Waals surface area contributed by atoms with Crippen molar-refractivity contribution in [2.45, 2.75) is 11.8 Å². The van der Waals surface area contributed by atoms with Gasteiger partial charge in [-0.2, -0.15) is 0 Å². The van der Waals surface area contributed by atoms with Gasteiger partial charge in [0.2, 0.25) is 5.91 Å². The molecule has 3 aromatic rings. The quantitative estimate of drug-likeness (QED) is 0.552. The summed E-state index contributed by atoms with van der Waals surface area (Å²) in [7, 11) is -1.19. The van der Waals surface area contributed by atoms with Gasteiger partial charge < -0.3 is 14.8 Å². The number of aryl methyl sites for hydroxylation is 1. The van der Waals surface area contributed by atoms with E-state index in [4.69, 9.17) is 9.47 Å². The number of rotatable bonds is 8. The fourth-order valence-corrected chi connectivity index (χ4v) is 4.40. The smallest absolute Gasteiger partial charge is 0.264 e. The zero-order chi connectivity index (χ0) is 23.3. The summed E-state index contributed by atoms with van der Waals surface area (Å²) in [6, 6.07) is 16.0. The lowest BCUT2D eigenvalue weighted by atomic mass is 10.2. The van der Waals surface area contributed by atoms with Crippen molar-refractivity contribution in [2.75, 3.05) is 30.4 Å². The normalized spacial score (nSPS) is 11.0. The highest BCUT2D eigenvalue weighted by Gasteiger charge is 2.27. The van der Waals surface area contributed by atoms with E-state index in [-0.39, 0.29) is 4.90 Å². The molecule has 0 aliphatic heterocycles. The first-order chi connectivity index (χ1) is 15.2. The van der Waals surface area contributed by atoms with E-state index in [9.17, 15) is 17.6 Å². The van der Waals surface area contributed by atoms with Crippen LogP contribution < -0.4 is 19.1 Å². The molecule has 0 bridgehead atoms. The van der Waals surface area contributed by atoms with Gasteiger partial charge in [0.25, 0.3) is 10.0 Å². The Balaban J connectivity index is 1.93. The number of amides is 1. The summed E-state index contributed by atoms with van der Waals surface area (Å²) in [6.45, 7) is 1.36. The summed E-state index contributed by atoms with van der Waals surface area (Å²) in [5.41, 5.74) is 1.60. The van der Waals surface area contributed by atoms with Gasteiger partial charge in [0, 0.05) is 6.07 Å². The molecule has 0 aromatic heterocycles. The van der Waals surface area contributed by atoms with Crippen LogP contribution in [0, 0.1) is 12.7 Å². The average molecular weight is 459 g/mol. The molecular weight excluding hydrogens is 435 g/mol. The van der Waals surface area contributed by atoms with Crippen molar-refractivity contribution in [2.24, 2.45) is 0 Å². The molecule has 7 nitrogen and oxygen atoms in total. The minimum atomic E-state index is -4.14. The summed E-state index contributed by atoms with van der Waals surface area (Å²) in [5.74, 6) is -0.240. The third-order valence-corrected chi connectivity index (χ3v) is 6.48. The summed E-state index contributed by atoms with van der Waals surface area (Å²) in [5, 5.41) is 2.67. The maximum absolute atomic E-state index is 13.3. The third kappa shape index (κ3) is 5.17. The molecule has 0 aliphatic carbocycles. The Morgan fingerprint density at radius 3 is 2.22 bits per heavy atom. The molecule has 1 amide bonds. The van der Waals surface area contributed by atoms with Crippen molar-refractivity contribution in [3.8, 4) is 11.5 Å². The molecule has 0 radical (unpaired) electrons. The van der Waals surface area contributed by atoms with Crippen LogP contribution in [-0.2, 0) is 14.8 Å². The van der Waals surface area contributed by atoms with Crippen LogP contribution in [0.2, 0.25) is 0 Å². The summed E-state index contributed by atoms with van der Waals surface area (Å²) in [4.78, 5) is 12.7. The standard InChI is InChI=1S/C23H23FN2O5S/c1-16-4-8-18(9-5-16)26(32(28,29)20-11-6-17(24)7-12-20)15-23(27)25-21-13-10-19(30-2)14-22(21)31-3/h4-14H,15H2,1-3H3,(H,25,27). The molecule has 0 atom stereocenters. The van der Waals surface area contributed by atoms with Crippen molar-refractivity contribution in [3.05, 3.63) is 78.1 Å². The Hall–Kier alpha value is -3.59. The van der Waals surface area contributed by atoms with Gasteiger partial charge in [-0.05, 0) is 55.5 Å². The van der Waals surface area contributed by atoms with Crippen molar-refractivity contribution in [3.63, 3.8) is 0 Å². The molecule has 168 valence electrons. The van der Waals surface area contributed by atoms with E-state index in [1.165, 1.54) is 14.2 Å². The lowest BCUT2D eigenvalue weighted by Gasteiger charge is -2.24. The number of hydrogen-bond donors (Lipinski definition) is 1. The number of sulfonamides is 1. The van der Waals surface area contributed by atoms with Crippen LogP contribution in [0.4, 0.5) is 15.8 Å². The first-order valence-corrected chi connectivity index (χ1v) is 11.1. The maximum Gasteiger partial charge on any atom is 0.264 e. The third-order valence-electron chi connectivity index (χ3n) is 4.69. The number of nitrogens with zero attached hydrogens (tertiary/aromatic N) is 1. The second kappa shape index (κ2) is 9.69. The Kier molecular flexibility index (Phi) is 6.99. The number of halogens is 1. The number of benzene rings is 3. The van der Waals surface area contributed by atoms with E-state index in [0.29, 0.717) is 22.9 Å². The van der Waals surface area contributed by atoms with Gasteiger partial charge in [0.15, 0.2) is 0 Å². The van der Waals surface area contributed by atoms with E-state index in [2.05, 4.69) is 5.32 Å². The van der Waals surface area contributed by atoms with Crippen LogP contribution in [0.15, 0.2) is 71.6 Å². The number of anilines is 2. The predicted molar refractivity (Wildman–Crippen MR) is 120 cm³/mol. The Labute approximate surface area is 186 Å². The molecule has 3 aromatic carbocycles. The number of ether oxygens (including phenoxy) is 2. The predicted octanol–water partition coefficient (Wildman–Crippen LogP) is 3.99. The van der Waals surface area contributed by atoms with Gasteiger partial charge in [-0.15, -0.1) is 0 Å². The van der Waals surface area contributed by atoms with Gasteiger partial charge in [0.1, 0.15) is 23.9 Å². The lowest BCUT2D eigenvalue weighted by Crippen LogP contribution is -2.38. The molecule has 0 unspecified atom stereocenters. The number of carbonyl (C=O) groups is 1. The molecule has 9 heteroatoms. The van der Waals surface area contributed by atoms with Crippen molar-refractivity contribution in [1.82, 2.24) is 0 Å². The SMILES string of the molecule is COc1ccc(NC(=O)CN(c2ccc(C)cc2)S(=O)(=O)c2ccc(F)cc2)c(OC)c1. The lowest BCUT2D eigenvalue weighted by molar-refractivity contribution is -0.114. The van der Waals surface area contributed by atoms with Gasteiger partial charge in [-0.3, -0.25) is 9.10 Å². The first-order valence-electron chi connectivity index (χ1n) is 9.61. The zero-order valence-electron chi connectivity index (χ0n) is 17.8. The van der Waals surface area contributed by atoms with Crippen molar-refractivity contribution < 1.29 is 27.1 Å². The number of methoxy groups -OCH3 is 2. The summed E-state index contributed by atoms with van der Waals surface area (Å²) >= 11 is 0. The minimum absolute atomic E-state index is 0.130. The summed E-state index contributed by atoms with van der Waals surface area (Å²) in [6.07, 6.45) is 0. The van der Waals surface area contributed by atoms with Crippen molar-refractivity contribution >= 4 is 27.3 Å². The highest BCUT2D eigenvalue weighted by molar-refractivity contribution is 7.92. The highest BCUT2D eigenvalue weighted by atomic mass is 32.2. The van der Waals surface area contributed by atoms with Crippen molar-refractivity contribution in [1.29, 1.82) is 0 Å². The van der Waals surface area contributed by atoms with Crippen LogP contribution in [0.1, 0.15) is 5.56 Å². The Morgan fingerprint density at radius 1 is 0.969 bits per heavy atom. The topological polar surface area (TPSA) is 84.9 Å². The summed E-state index contributed by atoms with van der Waals surface area (Å²) < 4.78 is 51.3. The molecular formula is C23H23FN2O5S. The van der Waals surface area contributed by atoms with Crippen LogP contribution >= 0.6 is 0 Å². The molecule has 0 heterocycles. The van der Waals surface area contributed by atoms with E-state index >= 15 is 0 Å². The minimum Gasteiger partial charge on any atom is -0.497 e. The fourth-order valence-electron chi connectivity index (χ4n) is 2.98. The molecule has 0 aliphatic rings. The average Bonchev–Trinajstić information content (AvgIpc) is 2.78. The molecule has 1 N–H and O–H groups in total. The number of hydrogen-bond acceptors (Lipinski definition) is 5. The molecule has 0 spiro atoms. The number of carbonyl (C=O) groups excluding carboxylic acids is 1. The largest absolute Gasteiger partial charge is 0.497 e. The van der Waals surface area contributed by atoms with Gasteiger partial charge in [0.05, 0.1) is 30.5 Å². The molecule has 3 rings (SSSR count). The van der Waals surface area contributed by atoms with Gasteiger partial charge in [-0.1, -0.05) is 17.7 Å². The second-order valence-electron chi connectivity index (χ2n) is 6.92. The van der Waals surface area contributed by atoms with Crippen LogP contribution in [0.5, 0.6) is 11.5 Å². The van der Waals surface area contributed by atoms with E-state index in [0.717, 1.165) is 34.1 Å². The van der Waals surface area contributed by atoms with Crippen LogP contribution in [-0.4, -0.2) is 35.1 Å². The molecule has 0 fully saturated rings. The van der Waals surface area contributed by atoms with Gasteiger partial charge in [-0.25, -0.2) is 12.8 Å². The number of nitrogens with one attached hydrogen (secondary N) is 1. The Bertz CT molecular complexity index is 1200. The first kappa shape index (κ1) is 23.1. The van der Waals surface area contributed by atoms with Gasteiger partial charge >= 0.3 is 0 Å². The van der Waals surface area contributed by atoms with E-state index < -0.39 is 28.3 Å². The van der Waals surface area contributed by atoms with Crippen LogP contribution in [0.25, 0.3) is 0 Å². The van der Waals surface area contributed by atoms with E-state index in [1.54, 1.807) is 42.5 Å². The molecule has 0 saturated heterocycles. The fraction of sp³-hybridized carbons (Fsp3) is 0.174. The molecule has 0 saturated carbocycles. The molecule has 32 heavy (non-hydrogen) atoms. The Morgan fingerprint density at radius 2 is 1.62 bits per heavy atom. The monoisotopic (exact) mass is 458 g/mol. The highest BCUT2D eigenvalue weighted by Crippen LogP contribution is 2.30.